The Morgan fingerprint density at radius 1 is 0.963 bits per heavy atom. The minimum Gasteiger partial charge on any atom is -0.507 e. The molecular formula is C42H34Cl2IN3O6. The molecule has 0 bridgehead atoms. The molecule has 4 aromatic rings. The van der Waals surface area contributed by atoms with Crippen molar-refractivity contribution in [2.24, 2.45) is 23.7 Å². The molecule has 12 heteroatoms. The number of methoxy groups -OCH3 is 1. The number of phenols is 1. The molecule has 4 aliphatic rings. The van der Waals surface area contributed by atoms with Gasteiger partial charge in [0.05, 0.1) is 46.7 Å². The lowest BCUT2D eigenvalue weighted by Gasteiger charge is -2.50. The maximum Gasteiger partial charge on any atom is 0.260 e. The van der Waals surface area contributed by atoms with E-state index in [1.54, 1.807) is 73.8 Å². The number of hydrazine groups is 1. The maximum absolute atomic E-state index is 15.5. The Kier molecular flexibility index (Phi) is 9.34. The standard InChI is InChI=1S/C42H34Cl2IN3O6/c1-3-5-22-6-4-7-30(37(22)49)36-28-17-18-29-35(40(52)47(38(29)50)26-13-11-25(45)12-14-26)31(28)21-32-39(51)48(46-34-19-10-24(43)20-33(34)44)41(53)42(32,36)23-8-15-27(54-2)16-9-23/h3-4,6-17,19-20,29,31-32,35-36,46,49H,1,5,18,21H2,2H3. The molecule has 2 heterocycles. The summed E-state index contributed by atoms with van der Waals surface area (Å²) in [4.78, 5) is 60.4. The molecule has 2 aliphatic heterocycles. The highest BCUT2D eigenvalue weighted by atomic mass is 127. The highest BCUT2D eigenvalue weighted by molar-refractivity contribution is 14.1. The van der Waals surface area contributed by atoms with E-state index in [1.165, 1.54) is 11.0 Å². The van der Waals surface area contributed by atoms with Crippen molar-refractivity contribution in [1.29, 1.82) is 0 Å². The molecule has 4 aromatic carbocycles. The number of fused-ring (bicyclic) bond motifs is 4. The van der Waals surface area contributed by atoms with Gasteiger partial charge in [0, 0.05) is 20.1 Å². The number of allylic oxidation sites excluding steroid dienone is 3. The number of imide groups is 2. The van der Waals surface area contributed by atoms with Crippen LogP contribution in [0.4, 0.5) is 11.4 Å². The number of aromatic hydroxyl groups is 1. The summed E-state index contributed by atoms with van der Waals surface area (Å²) in [5.41, 5.74) is 4.47. The summed E-state index contributed by atoms with van der Waals surface area (Å²) in [5.74, 6) is -5.19. The molecule has 1 saturated carbocycles. The van der Waals surface area contributed by atoms with Crippen molar-refractivity contribution in [3.63, 3.8) is 0 Å². The Labute approximate surface area is 335 Å². The number of nitrogens with zero attached hydrogens (tertiary/aromatic N) is 2. The second-order valence-corrected chi connectivity index (χ2v) is 16.1. The molecule has 54 heavy (non-hydrogen) atoms. The summed E-state index contributed by atoms with van der Waals surface area (Å²) in [5, 5.41) is 13.6. The van der Waals surface area contributed by atoms with Gasteiger partial charge in [-0.25, -0.2) is 0 Å². The van der Waals surface area contributed by atoms with Crippen molar-refractivity contribution in [2.45, 2.75) is 30.6 Å². The molecule has 4 amide bonds. The summed E-state index contributed by atoms with van der Waals surface area (Å²) in [6.45, 7) is 3.87. The van der Waals surface area contributed by atoms with Gasteiger partial charge in [0.2, 0.25) is 11.8 Å². The fourth-order valence-corrected chi connectivity index (χ4v) is 10.0. The van der Waals surface area contributed by atoms with Crippen LogP contribution in [0.2, 0.25) is 10.0 Å². The van der Waals surface area contributed by atoms with Gasteiger partial charge in [0.25, 0.3) is 11.8 Å². The largest absolute Gasteiger partial charge is 0.507 e. The molecule has 0 radical (unpaired) electrons. The highest BCUT2D eigenvalue weighted by Gasteiger charge is 2.70. The highest BCUT2D eigenvalue weighted by Crippen LogP contribution is 2.65. The maximum atomic E-state index is 15.5. The monoisotopic (exact) mass is 873 g/mol. The second kappa shape index (κ2) is 13.9. The van der Waals surface area contributed by atoms with Crippen molar-refractivity contribution < 1.29 is 29.0 Å². The number of halogens is 3. The number of hydrogen-bond donors (Lipinski definition) is 2. The lowest BCUT2D eigenvalue weighted by Crippen LogP contribution is -2.53. The van der Waals surface area contributed by atoms with Gasteiger partial charge in [-0.2, -0.15) is 5.01 Å². The number of ether oxygens (including phenoxy) is 1. The van der Waals surface area contributed by atoms with E-state index in [2.05, 4.69) is 34.6 Å². The molecule has 9 nitrogen and oxygen atoms in total. The number of hydrogen-bond acceptors (Lipinski definition) is 7. The number of nitrogens with one attached hydrogen (secondary N) is 1. The molecule has 2 aliphatic carbocycles. The molecule has 3 fully saturated rings. The molecule has 6 unspecified atom stereocenters. The first-order chi connectivity index (χ1) is 26.0. The van der Waals surface area contributed by atoms with Crippen molar-refractivity contribution in [2.75, 3.05) is 17.4 Å². The second-order valence-electron chi connectivity index (χ2n) is 14.0. The number of phenolic OH excluding ortho intramolecular Hbond substituents is 1. The fraction of sp³-hybridized carbons (Fsp3) is 0.238. The lowest BCUT2D eigenvalue weighted by atomic mass is 9.49. The summed E-state index contributed by atoms with van der Waals surface area (Å²) < 4.78 is 6.44. The Morgan fingerprint density at radius 3 is 2.39 bits per heavy atom. The van der Waals surface area contributed by atoms with Crippen LogP contribution in [-0.2, 0) is 31.0 Å². The quantitative estimate of drug-likeness (QED) is 0.104. The van der Waals surface area contributed by atoms with Gasteiger partial charge in [0.15, 0.2) is 0 Å². The predicted octanol–water partition coefficient (Wildman–Crippen LogP) is 8.23. The minimum atomic E-state index is -1.60. The molecular weight excluding hydrogens is 840 g/mol. The van der Waals surface area contributed by atoms with Gasteiger partial charge in [-0.3, -0.25) is 29.5 Å². The van der Waals surface area contributed by atoms with Crippen LogP contribution in [0.5, 0.6) is 11.5 Å². The average Bonchev–Trinajstić information content (AvgIpc) is 3.55. The smallest absolute Gasteiger partial charge is 0.260 e. The van der Waals surface area contributed by atoms with Crippen LogP contribution in [0, 0.1) is 27.2 Å². The van der Waals surface area contributed by atoms with Crippen LogP contribution >= 0.6 is 45.8 Å². The number of benzene rings is 4. The van der Waals surface area contributed by atoms with Crippen LogP contribution in [0.25, 0.3) is 0 Å². The first kappa shape index (κ1) is 36.3. The molecule has 0 aromatic heterocycles. The third-order valence-electron chi connectivity index (χ3n) is 11.5. The molecule has 8 rings (SSSR count). The number of anilines is 2. The summed E-state index contributed by atoms with van der Waals surface area (Å²) >= 11 is 14.9. The van der Waals surface area contributed by atoms with Crippen LogP contribution < -0.4 is 15.1 Å². The third-order valence-corrected chi connectivity index (χ3v) is 12.8. The van der Waals surface area contributed by atoms with Crippen molar-refractivity contribution in [3.05, 3.63) is 140 Å². The minimum absolute atomic E-state index is 0.0283. The number of carbonyl (C=O) groups is 4. The molecule has 274 valence electrons. The number of rotatable bonds is 8. The normalized spacial score (nSPS) is 25.9. The van der Waals surface area contributed by atoms with Gasteiger partial charge in [-0.15, -0.1) is 6.58 Å². The molecule has 2 saturated heterocycles. The van der Waals surface area contributed by atoms with Crippen LogP contribution in [0.1, 0.15) is 35.4 Å². The van der Waals surface area contributed by atoms with Crippen LogP contribution in [0.15, 0.2) is 109 Å². The number of amides is 4. The van der Waals surface area contributed by atoms with Crippen molar-refractivity contribution >= 4 is 80.8 Å². The van der Waals surface area contributed by atoms with Gasteiger partial charge in [0.1, 0.15) is 11.5 Å². The van der Waals surface area contributed by atoms with Gasteiger partial charge < -0.3 is 9.84 Å². The van der Waals surface area contributed by atoms with Gasteiger partial charge >= 0.3 is 0 Å². The zero-order valence-corrected chi connectivity index (χ0v) is 32.6. The predicted molar refractivity (Wildman–Crippen MR) is 214 cm³/mol. The summed E-state index contributed by atoms with van der Waals surface area (Å²) in [6, 6.07) is 24.3. The van der Waals surface area contributed by atoms with E-state index >= 15 is 4.79 Å². The van der Waals surface area contributed by atoms with E-state index < -0.39 is 46.8 Å². The summed E-state index contributed by atoms with van der Waals surface area (Å²) in [7, 11) is 1.54. The lowest BCUT2D eigenvalue weighted by molar-refractivity contribution is -0.138. The Balaban J connectivity index is 1.35. The SMILES string of the molecule is C=CCc1cccc(C2C3=CCC4C(=O)N(c5ccc(I)cc5)C(=O)C4C3CC3C(=O)N(Nc4ccc(Cl)cc4Cl)C(=O)C32c2ccc(OC)cc2)c1O. The Hall–Kier alpha value is -4.65. The van der Waals surface area contributed by atoms with Crippen molar-refractivity contribution in [1.82, 2.24) is 5.01 Å². The molecule has 0 spiro atoms. The van der Waals surface area contributed by atoms with E-state index in [9.17, 15) is 19.5 Å². The van der Waals surface area contributed by atoms with E-state index in [4.69, 9.17) is 27.9 Å². The number of carbonyl (C=O) groups excluding carboxylic acids is 4. The van der Waals surface area contributed by atoms with E-state index in [-0.39, 0.29) is 35.4 Å². The molecule has 6 atom stereocenters. The van der Waals surface area contributed by atoms with Crippen molar-refractivity contribution in [3.8, 4) is 11.5 Å². The van der Waals surface area contributed by atoms with Gasteiger partial charge in [-0.1, -0.05) is 71.3 Å². The van der Waals surface area contributed by atoms with E-state index in [1.807, 2.05) is 24.3 Å². The van der Waals surface area contributed by atoms with E-state index in [0.717, 1.165) is 14.2 Å². The van der Waals surface area contributed by atoms with E-state index in [0.29, 0.717) is 45.3 Å². The first-order valence-electron chi connectivity index (χ1n) is 17.5. The van der Waals surface area contributed by atoms with Crippen LogP contribution in [0.3, 0.4) is 0 Å². The molecule has 2 N–H and O–H groups in total. The fourth-order valence-electron chi connectivity index (χ4n) is 9.20. The zero-order valence-electron chi connectivity index (χ0n) is 29.0. The summed E-state index contributed by atoms with van der Waals surface area (Å²) in [6.07, 6.45) is 4.34. The Morgan fingerprint density at radius 2 is 1.70 bits per heavy atom. The van der Waals surface area contributed by atoms with Crippen LogP contribution in [-0.4, -0.2) is 40.9 Å². The zero-order chi connectivity index (χ0) is 38.1. The average molecular weight is 875 g/mol. The third kappa shape index (κ3) is 5.47. The first-order valence-corrected chi connectivity index (χ1v) is 19.3. The number of para-hydroxylation sites is 1. The topological polar surface area (TPSA) is 116 Å². The Bertz CT molecular complexity index is 2280. The van der Waals surface area contributed by atoms with Gasteiger partial charge in [-0.05, 0) is 113 Å².